The van der Waals surface area contributed by atoms with Crippen molar-refractivity contribution in [3.63, 3.8) is 0 Å². The van der Waals surface area contributed by atoms with Crippen molar-refractivity contribution < 1.29 is 5.11 Å². The molecule has 58 valence electrons. The van der Waals surface area contributed by atoms with E-state index in [1.807, 2.05) is 0 Å². The molecule has 10 heavy (non-hydrogen) atoms. The van der Waals surface area contributed by atoms with Gasteiger partial charge in [0.05, 0.1) is 0 Å². The van der Waals surface area contributed by atoms with Gasteiger partial charge >= 0.3 is 0 Å². The molecular weight excluding hydrogens is 128 g/mol. The van der Waals surface area contributed by atoms with Gasteiger partial charge in [0.2, 0.25) is 0 Å². The van der Waals surface area contributed by atoms with Gasteiger partial charge < -0.3 is 10.8 Å². The molecular formula is C7H14N2O. The number of nitrogens with two attached hydrogens (primary N) is 1. The van der Waals surface area contributed by atoms with Crippen molar-refractivity contribution in [3.8, 4) is 0 Å². The van der Waals surface area contributed by atoms with Crippen molar-refractivity contribution in [1.82, 2.24) is 0 Å². The van der Waals surface area contributed by atoms with Crippen molar-refractivity contribution in [2.24, 2.45) is 10.7 Å². The van der Waals surface area contributed by atoms with Crippen LogP contribution in [-0.2, 0) is 0 Å². The summed E-state index contributed by atoms with van der Waals surface area (Å²) in [5, 5.41) is 8.36. The molecule has 0 aliphatic heterocycles. The molecule has 0 unspecified atom stereocenters. The van der Waals surface area contributed by atoms with E-state index in [1.165, 1.54) is 0 Å². The third-order valence-corrected chi connectivity index (χ3v) is 0.888. The quantitative estimate of drug-likeness (QED) is 0.438. The predicted molar refractivity (Wildman–Crippen MR) is 43.0 cm³/mol. The van der Waals surface area contributed by atoms with Gasteiger partial charge in [-0.25, -0.2) is 0 Å². The van der Waals surface area contributed by atoms with Crippen molar-refractivity contribution in [2.75, 3.05) is 13.2 Å². The first kappa shape index (κ1) is 9.17. The zero-order valence-corrected chi connectivity index (χ0v) is 6.25. The summed E-state index contributed by atoms with van der Waals surface area (Å²) in [6.45, 7) is 2.67. The Bertz CT molecular complexity index is 126. The fourth-order valence-corrected chi connectivity index (χ4v) is 0.407. The van der Waals surface area contributed by atoms with Gasteiger partial charge in [0.15, 0.2) is 0 Å². The zero-order valence-electron chi connectivity index (χ0n) is 6.25. The van der Waals surface area contributed by atoms with Crippen molar-refractivity contribution in [2.45, 2.75) is 13.3 Å². The van der Waals surface area contributed by atoms with Crippen LogP contribution in [0.4, 0.5) is 0 Å². The lowest BCUT2D eigenvalue weighted by atomic mass is 10.4. The predicted octanol–water partition coefficient (Wildman–Crippen LogP) is 0.302. The Hall–Kier alpha value is -0.830. The Morgan fingerprint density at radius 2 is 2.40 bits per heavy atom. The molecule has 3 heteroatoms. The van der Waals surface area contributed by atoms with Gasteiger partial charge in [-0.05, 0) is 19.4 Å². The molecule has 0 aromatic heterocycles. The first-order valence-electron chi connectivity index (χ1n) is 3.30. The summed E-state index contributed by atoms with van der Waals surface area (Å²) in [5.74, 6) is 0. The second-order valence-corrected chi connectivity index (χ2v) is 2.04. The molecule has 0 saturated carbocycles. The number of hydrogen-bond donors (Lipinski definition) is 2. The minimum Gasteiger partial charge on any atom is -0.402 e. The van der Waals surface area contributed by atoms with Gasteiger partial charge in [0.1, 0.15) is 0 Å². The molecule has 3 N–H and O–H groups in total. The summed E-state index contributed by atoms with van der Waals surface area (Å²) < 4.78 is 0. The van der Waals surface area contributed by atoms with E-state index in [4.69, 9.17) is 10.8 Å². The number of aliphatic hydroxyl groups excluding tert-OH is 1. The van der Waals surface area contributed by atoms with Crippen LogP contribution in [-0.4, -0.2) is 24.5 Å². The van der Waals surface area contributed by atoms with Crippen LogP contribution in [0.15, 0.2) is 16.8 Å². The van der Waals surface area contributed by atoms with Crippen LogP contribution >= 0.6 is 0 Å². The van der Waals surface area contributed by atoms with E-state index in [0.717, 1.165) is 5.70 Å². The molecule has 0 radical (unpaired) electrons. The highest BCUT2D eigenvalue weighted by atomic mass is 16.2. The summed E-state index contributed by atoms with van der Waals surface area (Å²) in [7, 11) is 0. The minimum atomic E-state index is 0.197. The van der Waals surface area contributed by atoms with E-state index in [1.54, 1.807) is 19.2 Å². The highest BCUT2D eigenvalue weighted by molar-refractivity contribution is 5.71. The Morgan fingerprint density at radius 1 is 1.70 bits per heavy atom. The summed E-state index contributed by atoms with van der Waals surface area (Å²) >= 11 is 0. The normalized spacial score (nSPS) is 12.8. The molecule has 0 amide bonds. The summed E-state index contributed by atoms with van der Waals surface area (Å²) in [5.41, 5.74) is 6.07. The van der Waals surface area contributed by atoms with E-state index in [-0.39, 0.29) is 6.61 Å². The third kappa shape index (κ3) is 7.17. The van der Waals surface area contributed by atoms with E-state index < -0.39 is 0 Å². The maximum Gasteiger partial charge on any atom is 0.0448 e. The van der Waals surface area contributed by atoms with Gasteiger partial charge in [0, 0.05) is 25.1 Å². The van der Waals surface area contributed by atoms with E-state index in [9.17, 15) is 0 Å². The number of rotatable bonds is 4. The molecule has 0 aromatic carbocycles. The van der Waals surface area contributed by atoms with Gasteiger partial charge in [0.25, 0.3) is 0 Å². The van der Waals surface area contributed by atoms with Crippen LogP contribution < -0.4 is 5.73 Å². The molecule has 0 atom stereocenters. The second kappa shape index (κ2) is 6.29. The number of aliphatic hydroxyl groups is 1. The molecule has 3 nitrogen and oxygen atoms in total. The summed E-state index contributed by atoms with van der Waals surface area (Å²) in [6.07, 6.45) is 4.11. The standard InChI is InChI=1S/C7H14N2O/c1-7(8)3-5-9-4-2-6-10/h3,5,10H,2,4,6,8H2,1H3. The molecule has 0 heterocycles. The van der Waals surface area contributed by atoms with Crippen molar-refractivity contribution in [3.05, 3.63) is 11.8 Å². The van der Waals surface area contributed by atoms with Gasteiger partial charge in [-0.1, -0.05) is 0 Å². The zero-order chi connectivity index (χ0) is 7.82. The molecule has 0 aliphatic carbocycles. The Kier molecular flexibility index (Phi) is 5.77. The number of aliphatic imine (C=N–C) groups is 1. The Labute approximate surface area is 61.3 Å². The first-order valence-corrected chi connectivity index (χ1v) is 3.30. The van der Waals surface area contributed by atoms with E-state index in [2.05, 4.69) is 4.99 Å². The van der Waals surface area contributed by atoms with Crippen molar-refractivity contribution in [1.29, 1.82) is 0 Å². The van der Waals surface area contributed by atoms with Crippen LogP contribution in [0.25, 0.3) is 0 Å². The fourth-order valence-electron chi connectivity index (χ4n) is 0.407. The average molecular weight is 142 g/mol. The lowest BCUT2D eigenvalue weighted by Crippen LogP contribution is -1.91. The van der Waals surface area contributed by atoms with Crippen molar-refractivity contribution >= 4 is 6.21 Å². The van der Waals surface area contributed by atoms with E-state index in [0.29, 0.717) is 13.0 Å². The maximum atomic E-state index is 8.36. The van der Waals surface area contributed by atoms with Crippen LogP contribution in [0.3, 0.4) is 0 Å². The highest BCUT2D eigenvalue weighted by Crippen LogP contribution is 1.79. The smallest absolute Gasteiger partial charge is 0.0448 e. The number of hydrogen-bond acceptors (Lipinski definition) is 3. The monoisotopic (exact) mass is 142 g/mol. The Morgan fingerprint density at radius 3 is 2.90 bits per heavy atom. The van der Waals surface area contributed by atoms with Crippen LogP contribution in [0.5, 0.6) is 0 Å². The van der Waals surface area contributed by atoms with E-state index >= 15 is 0 Å². The Balaban J connectivity index is 3.29. The minimum absolute atomic E-state index is 0.197. The SMILES string of the molecule is CC(N)=CC=NCCCO. The fraction of sp³-hybridized carbons (Fsp3) is 0.571. The summed E-state index contributed by atoms with van der Waals surface area (Å²) in [6, 6.07) is 0. The van der Waals surface area contributed by atoms with Gasteiger partial charge in [-0.2, -0.15) is 0 Å². The second-order valence-electron chi connectivity index (χ2n) is 2.04. The van der Waals surface area contributed by atoms with Gasteiger partial charge in [-0.3, -0.25) is 4.99 Å². The van der Waals surface area contributed by atoms with Crippen LogP contribution in [0.1, 0.15) is 13.3 Å². The lowest BCUT2D eigenvalue weighted by molar-refractivity contribution is 0.291. The molecule has 0 rings (SSSR count). The molecule has 0 bridgehead atoms. The van der Waals surface area contributed by atoms with Crippen LogP contribution in [0.2, 0.25) is 0 Å². The van der Waals surface area contributed by atoms with Crippen LogP contribution in [0, 0.1) is 0 Å². The maximum absolute atomic E-state index is 8.36. The topological polar surface area (TPSA) is 58.6 Å². The lowest BCUT2D eigenvalue weighted by Gasteiger charge is -1.87. The van der Waals surface area contributed by atoms with Gasteiger partial charge in [-0.15, -0.1) is 0 Å². The molecule has 0 aliphatic rings. The summed E-state index contributed by atoms with van der Waals surface area (Å²) in [4.78, 5) is 3.96. The largest absolute Gasteiger partial charge is 0.402 e. The highest BCUT2D eigenvalue weighted by Gasteiger charge is 1.77. The number of allylic oxidation sites excluding steroid dienone is 2. The number of nitrogens with zero attached hydrogens (tertiary/aromatic N) is 1. The molecule has 0 spiro atoms. The third-order valence-electron chi connectivity index (χ3n) is 0.888. The molecule has 0 saturated heterocycles. The molecule has 0 fully saturated rings. The first-order chi connectivity index (χ1) is 4.77. The average Bonchev–Trinajstić information content (AvgIpc) is 1.87. The molecule has 0 aromatic rings.